The lowest BCUT2D eigenvalue weighted by Gasteiger charge is -2.33. The number of hydrogen-bond acceptors (Lipinski definition) is 4. The summed E-state index contributed by atoms with van der Waals surface area (Å²) in [5.41, 5.74) is 3.29. The molecule has 7 nitrogen and oxygen atoms in total. The van der Waals surface area contributed by atoms with Crippen molar-refractivity contribution in [1.29, 1.82) is 0 Å². The standard InChI is InChI=1S/C21H23N3O4/c1-12-6-5-7-15(10-12)22-20(26)18-13(2)24(3)21(27)23-19(18)14-8-9-16(25)17(11-14)28-4/h5-11,19,25H,1-4H3,(H,22,26)(H,23,27). The number of carbonyl (C=O) groups is 2. The first-order chi connectivity index (χ1) is 13.3. The van der Waals surface area contributed by atoms with Crippen LogP contribution in [0.3, 0.4) is 0 Å². The van der Waals surface area contributed by atoms with E-state index in [-0.39, 0.29) is 23.4 Å². The molecule has 0 saturated heterocycles. The molecule has 0 spiro atoms. The maximum atomic E-state index is 13.1. The number of carbonyl (C=O) groups excluding carboxylic acids is 2. The highest BCUT2D eigenvalue weighted by Crippen LogP contribution is 2.35. The molecule has 3 N–H and O–H groups in total. The van der Waals surface area contributed by atoms with E-state index in [1.54, 1.807) is 26.1 Å². The summed E-state index contributed by atoms with van der Waals surface area (Å²) in [5, 5.41) is 15.6. The van der Waals surface area contributed by atoms with Gasteiger partial charge in [0.2, 0.25) is 0 Å². The van der Waals surface area contributed by atoms with Crippen molar-refractivity contribution in [3.8, 4) is 11.5 Å². The number of aromatic hydroxyl groups is 1. The van der Waals surface area contributed by atoms with Crippen molar-refractivity contribution in [2.24, 2.45) is 0 Å². The molecule has 0 saturated carbocycles. The molecule has 2 aromatic rings. The zero-order valence-electron chi connectivity index (χ0n) is 16.2. The summed E-state index contributed by atoms with van der Waals surface area (Å²) in [6.45, 7) is 3.68. The zero-order chi connectivity index (χ0) is 20.4. The van der Waals surface area contributed by atoms with Gasteiger partial charge in [-0.05, 0) is 49.2 Å². The minimum absolute atomic E-state index is 0.0167. The van der Waals surface area contributed by atoms with Gasteiger partial charge in [0.1, 0.15) is 0 Å². The number of hydrogen-bond donors (Lipinski definition) is 3. The Morgan fingerprint density at radius 1 is 1.21 bits per heavy atom. The summed E-state index contributed by atoms with van der Waals surface area (Å²) in [6.07, 6.45) is 0. The van der Waals surface area contributed by atoms with Gasteiger partial charge in [-0.25, -0.2) is 4.79 Å². The zero-order valence-corrected chi connectivity index (χ0v) is 16.2. The fourth-order valence-corrected chi connectivity index (χ4v) is 3.17. The highest BCUT2D eigenvalue weighted by Gasteiger charge is 2.34. The quantitative estimate of drug-likeness (QED) is 0.758. The van der Waals surface area contributed by atoms with Gasteiger partial charge in [0.15, 0.2) is 11.5 Å². The molecule has 146 valence electrons. The molecule has 0 fully saturated rings. The number of methoxy groups -OCH3 is 1. The van der Waals surface area contributed by atoms with E-state index in [1.165, 1.54) is 18.1 Å². The van der Waals surface area contributed by atoms with Crippen LogP contribution in [0.2, 0.25) is 0 Å². The molecule has 0 radical (unpaired) electrons. The monoisotopic (exact) mass is 381 g/mol. The third-order valence-electron chi connectivity index (χ3n) is 4.81. The summed E-state index contributed by atoms with van der Waals surface area (Å²) in [4.78, 5) is 26.9. The number of phenolic OH excluding ortho intramolecular Hbond substituents is 1. The van der Waals surface area contributed by atoms with Crippen LogP contribution in [0, 0.1) is 6.92 Å². The summed E-state index contributed by atoms with van der Waals surface area (Å²) >= 11 is 0. The van der Waals surface area contributed by atoms with E-state index in [0.29, 0.717) is 22.5 Å². The number of allylic oxidation sites excluding steroid dienone is 1. The van der Waals surface area contributed by atoms with Crippen LogP contribution in [0.1, 0.15) is 24.1 Å². The predicted octanol–water partition coefficient (Wildman–Crippen LogP) is 3.32. The van der Waals surface area contributed by atoms with Crippen LogP contribution in [0.5, 0.6) is 11.5 Å². The summed E-state index contributed by atoms with van der Waals surface area (Å²) < 4.78 is 5.17. The summed E-state index contributed by atoms with van der Waals surface area (Å²) in [6, 6.07) is 11.2. The van der Waals surface area contributed by atoms with Crippen molar-refractivity contribution in [2.45, 2.75) is 19.9 Å². The Bertz CT molecular complexity index is 968. The Balaban J connectivity index is 2.02. The van der Waals surface area contributed by atoms with Gasteiger partial charge in [-0.1, -0.05) is 18.2 Å². The molecule has 0 bridgehead atoms. The number of nitrogens with zero attached hydrogens (tertiary/aromatic N) is 1. The van der Waals surface area contributed by atoms with Crippen LogP contribution in [0.25, 0.3) is 0 Å². The lowest BCUT2D eigenvalue weighted by Crippen LogP contribution is -2.46. The van der Waals surface area contributed by atoms with Crippen molar-refractivity contribution in [2.75, 3.05) is 19.5 Å². The minimum atomic E-state index is -0.678. The van der Waals surface area contributed by atoms with Crippen molar-refractivity contribution in [3.63, 3.8) is 0 Å². The molecule has 1 atom stereocenters. The maximum Gasteiger partial charge on any atom is 0.322 e. The summed E-state index contributed by atoms with van der Waals surface area (Å²) in [5.74, 6) is -0.0641. The van der Waals surface area contributed by atoms with Crippen LogP contribution >= 0.6 is 0 Å². The van der Waals surface area contributed by atoms with E-state index < -0.39 is 6.04 Å². The second kappa shape index (κ2) is 7.64. The van der Waals surface area contributed by atoms with Crippen LogP contribution in [-0.4, -0.2) is 36.1 Å². The first kappa shape index (κ1) is 19.3. The highest BCUT2D eigenvalue weighted by atomic mass is 16.5. The molecule has 1 unspecified atom stereocenters. The Hall–Kier alpha value is -3.48. The summed E-state index contributed by atoms with van der Waals surface area (Å²) in [7, 11) is 3.05. The van der Waals surface area contributed by atoms with Gasteiger partial charge in [0.05, 0.1) is 18.7 Å². The third kappa shape index (κ3) is 3.64. The third-order valence-corrected chi connectivity index (χ3v) is 4.81. The maximum absolute atomic E-state index is 13.1. The number of urea groups is 1. The van der Waals surface area contributed by atoms with Crippen LogP contribution in [-0.2, 0) is 4.79 Å². The Morgan fingerprint density at radius 2 is 1.96 bits per heavy atom. The predicted molar refractivity (Wildman–Crippen MR) is 106 cm³/mol. The average Bonchev–Trinajstić information content (AvgIpc) is 2.66. The topological polar surface area (TPSA) is 90.9 Å². The average molecular weight is 381 g/mol. The number of aryl methyl sites for hydroxylation is 1. The molecule has 2 aromatic carbocycles. The molecular weight excluding hydrogens is 358 g/mol. The molecule has 1 heterocycles. The number of benzene rings is 2. The fraction of sp³-hybridized carbons (Fsp3) is 0.238. The van der Waals surface area contributed by atoms with E-state index in [2.05, 4.69) is 10.6 Å². The van der Waals surface area contributed by atoms with Crippen LogP contribution in [0.15, 0.2) is 53.7 Å². The number of anilines is 1. The van der Waals surface area contributed by atoms with Crippen LogP contribution < -0.4 is 15.4 Å². The van der Waals surface area contributed by atoms with Gasteiger partial charge in [-0.3, -0.25) is 4.79 Å². The van der Waals surface area contributed by atoms with Gasteiger partial charge in [-0.2, -0.15) is 0 Å². The Kier molecular flexibility index (Phi) is 5.26. The fourth-order valence-electron chi connectivity index (χ4n) is 3.17. The number of nitrogens with one attached hydrogen (secondary N) is 2. The molecule has 28 heavy (non-hydrogen) atoms. The van der Waals surface area contributed by atoms with E-state index >= 15 is 0 Å². The number of ether oxygens (including phenoxy) is 1. The van der Waals surface area contributed by atoms with Crippen LogP contribution in [0.4, 0.5) is 10.5 Å². The molecule has 3 rings (SSSR count). The van der Waals surface area contributed by atoms with Crippen molar-refractivity contribution in [3.05, 3.63) is 64.9 Å². The number of phenols is 1. The number of rotatable bonds is 4. The van der Waals surface area contributed by atoms with E-state index in [1.807, 2.05) is 31.2 Å². The first-order valence-corrected chi connectivity index (χ1v) is 8.81. The van der Waals surface area contributed by atoms with Gasteiger partial charge in [-0.15, -0.1) is 0 Å². The highest BCUT2D eigenvalue weighted by molar-refractivity contribution is 6.06. The second-order valence-electron chi connectivity index (χ2n) is 6.70. The largest absolute Gasteiger partial charge is 0.504 e. The molecular formula is C21H23N3O4. The molecule has 3 amide bonds. The van der Waals surface area contributed by atoms with E-state index in [0.717, 1.165) is 5.56 Å². The molecule has 0 aromatic heterocycles. The Labute approximate surface area is 163 Å². The van der Waals surface area contributed by atoms with Crippen molar-refractivity contribution >= 4 is 17.6 Å². The Morgan fingerprint density at radius 3 is 2.64 bits per heavy atom. The first-order valence-electron chi connectivity index (χ1n) is 8.81. The van der Waals surface area contributed by atoms with E-state index in [9.17, 15) is 14.7 Å². The molecule has 1 aliphatic heterocycles. The SMILES string of the molecule is COc1cc(C2NC(=O)N(C)C(C)=C2C(=O)Nc2cccc(C)c2)ccc1O. The number of amides is 3. The van der Waals surface area contributed by atoms with Crippen molar-refractivity contribution < 1.29 is 19.4 Å². The lowest BCUT2D eigenvalue weighted by atomic mass is 9.94. The minimum Gasteiger partial charge on any atom is -0.504 e. The molecule has 0 aliphatic carbocycles. The smallest absolute Gasteiger partial charge is 0.322 e. The second-order valence-corrected chi connectivity index (χ2v) is 6.70. The van der Waals surface area contributed by atoms with Gasteiger partial charge < -0.3 is 25.4 Å². The molecule has 7 heteroatoms. The molecule has 1 aliphatic rings. The van der Waals surface area contributed by atoms with Gasteiger partial charge in [0.25, 0.3) is 5.91 Å². The van der Waals surface area contributed by atoms with Gasteiger partial charge >= 0.3 is 6.03 Å². The van der Waals surface area contributed by atoms with E-state index in [4.69, 9.17) is 4.74 Å². The van der Waals surface area contributed by atoms with Crippen molar-refractivity contribution in [1.82, 2.24) is 10.2 Å². The van der Waals surface area contributed by atoms with Gasteiger partial charge in [0, 0.05) is 18.4 Å². The normalized spacial score (nSPS) is 16.6. The lowest BCUT2D eigenvalue weighted by molar-refractivity contribution is -0.113.